The fourth-order valence-electron chi connectivity index (χ4n) is 3.30. The Hall–Kier alpha value is -2.80. The van der Waals surface area contributed by atoms with Crippen LogP contribution in [0.3, 0.4) is 0 Å². The molecule has 1 aromatic carbocycles. The van der Waals surface area contributed by atoms with Crippen LogP contribution in [-0.2, 0) is 4.79 Å². The van der Waals surface area contributed by atoms with Crippen LogP contribution in [0.15, 0.2) is 36.5 Å². The maximum Gasteiger partial charge on any atom is 0.258 e. The van der Waals surface area contributed by atoms with Gasteiger partial charge in [0, 0.05) is 37.4 Å². The molecule has 7 nitrogen and oxygen atoms in total. The fourth-order valence-corrected chi connectivity index (χ4v) is 3.30. The Morgan fingerprint density at radius 1 is 1.22 bits per heavy atom. The van der Waals surface area contributed by atoms with Gasteiger partial charge in [-0.1, -0.05) is 30.3 Å². The maximum absolute atomic E-state index is 13.4. The van der Waals surface area contributed by atoms with Crippen LogP contribution in [-0.4, -0.2) is 58.4 Å². The molecule has 1 saturated carbocycles. The third-order valence-electron chi connectivity index (χ3n) is 4.92. The highest BCUT2D eigenvalue weighted by Crippen LogP contribution is 2.24. The Morgan fingerprint density at radius 3 is 2.74 bits per heavy atom. The maximum atomic E-state index is 13.4. The summed E-state index contributed by atoms with van der Waals surface area (Å²) in [6.45, 7) is 3.39. The van der Waals surface area contributed by atoms with Gasteiger partial charge < -0.3 is 15.5 Å². The molecule has 4 rings (SSSR count). The van der Waals surface area contributed by atoms with Gasteiger partial charge in [-0.2, -0.15) is 0 Å². The smallest absolute Gasteiger partial charge is 0.258 e. The van der Waals surface area contributed by atoms with Gasteiger partial charge in [0.1, 0.15) is 11.9 Å². The molecule has 1 aliphatic heterocycles. The van der Waals surface area contributed by atoms with Gasteiger partial charge in [0.05, 0.1) is 11.3 Å². The van der Waals surface area contributed by atoms with Crippen LogP contribution in [0.25, 0.3) is 11.3 Å². The van der Waals surface area contributed by atoms with Gasteiger partial charge in [-0.25, -0.2) is 9.97 Å². The lowest BCUT2D eigenvalue weighted by molar-refractivity contribution is -0.126. The normalized spacial score (nSPS) is 19.6. The molecule has 1 aromatic heterocycles. The molecule has 2 aromatic rings. The van der Waals surface area contributed by atoms with Crippen molar-refractivity contribution in [3.63, 3.8) is 0 Å². The van der Waals surface area contributed by atoms with Crippen LogP contribution in [0.2, 0.25) is 0 Å². The predicted molar refractivity (Wildman–Crippen MR) is 101 cm³/mol. The number of rotatable bonds is 4. The van der Waals surface area contributed by atoms with Gasteiger partial charge in [-0.3, -0.25) is 9.59 Å². The molecule has 1 atom stereocenters. The van der Waals surface area contributed by atoms with Crippen LogP contribution in [0.4, 0.5) is 0 Å². The molecule has 1 saturated heterocycles. The number of aromatic nitrogens is 2. The molecule has 7 heteroatoms. The third-order valence-corrected chi connectivity index (χ3v) is 4.92. The summed E-state index contributed by atoms with van der Waals surface area (Å²) in [6.07, 6.45) is 3.61. The van der Waals surface area contributed by atoms with E-state index in [4.69, 9.17) is 0 Å². The molecule has 0 spiro atoms. The van der Waals surface area contributed by atoms with Crippen LogP contribution in [0.5, 0.6) is 0 Å². The Bertz CT molecular complexity index is 851. The summed E-state index contributed by atoms with van der Waals surface area (Å²) in [4.78, 5) is 36.4. The van der Waals surface area contributed by atoms with Crippen molar-refractivity contribution in [3.8, 4) is 11.3 Å². The number of aryl methyl sites for hydroxylation is 1. The lowest BCUT2D eigenvalue weighted by Crippen LogP contribution is -2.59. The molecule has 2 N–H and O–H groups in total. The third kappa shape index (κ3) is 3.83. The van der Waals surface area contributed by atoms with Crippen molar-refractivity contribution in [1.82, 2.24) is 25.5 Å². The van der Waals surface area contributed by atoms with E-state index in [1.807, 2.05) is 30.3 Å². The minimum atomic E-state index is -0.517. The average molecular weight is 365 g/mol. The first-order valence-electron chi connectivity index (χ1n) is 9.34. The monoisotopic (exact) mass is 365 g/mol. The molecule has 2 aliphatic rings. The van der Waals surface area contributed by atoms with E-state index in [9.17, 15) is 9.59 Å². The number of hydrogen-bond acceptors (Lipinski definition) is 5. The van der Waals surface area contributed by atoms with E-state index >= 15 is 0 Å². The molecule has 2 amide bonds. The summed E-state index contributed by atoms with van der Waals surface area (Å²) in [5.74, 6) is 0.312. The molecule has 0 radical (unpaired) electrons. The Morgan fingerprint density at radius 2 is 2.00 bits per heavy atom. The zero-order valence-corrected chi connectivity index (χ0v) is 15.3. The van der Waals surface area contributed by atoms with E-state index < -0.39 is 6.04 Å². The number of nitrogens with one attached hydrogen (secondary N) is 2. The first-order valence-corrected chi connectivity index (χ1v) is 9.34. The van der Waals surface area contributed by atoms with Crippen molar-refractivity contribution in [2.45, 2.75) is 31.8 Å². The van der Waals surface area contributed by atoms with E-state index in [0.29, 0.717) is 36.7 Å². The Labute approximate surface area is 158 Å². The number of benzene rings is 1. The number of hydrogen-bond donors (Lipinski definition) is 2. The molecular weight excluding hydrogens is 342 g/mol. The van der Waals surface area contributed by atoms with Gasteiger partial charge >= 0.3 is 0 Å². The van der Waals surface area contributed by atoms with Gasteiger partial charge in [0.15, 0.2) is 0 Å². The van der Waals surface area contributed by atoms with E-state index in [2.05, 4.69) is 20.6 Å². The number of carbonyl (C=O) groups excluding carboxylic acids is 2. The number of nitrogens with zero attached hydrogens (tertiary/aromatic N) is 3. The summed E-state index contributed by atoms with van der Waals surface area (Å²) in [6, 6.07) is 9.35. The van der Waals surface area contributed by atoms with Crippen LogP contribution >= 0.6 is 0 Å². The second-order valence-corrected chi connectivity index (χ2v) is 7.05. The highest BCUT2D eigenvalue weighted by Gasteiger charge is 2.36. The standard InChI is InChI=1S/C20H23N5O2/c1-13-22-11-16(18(23-13)14-5-3-2-4-6-14)20(27)25-10-9-21-12-17(25)19(26)24-15-7-8-15/h2-6,11,15,17,21H,7-10,12H2,1H3,(H,24,26). The van der Waals surface area contributed by atoms with Gasteiger partial charge in [-0.05, 0) is 19.8 Å². The second-order valence-electron chi connectivity index (χ2n) is 7.05. The quantitative estimate of drug-likeness (QED) is 0.849. The highest BCUT2D eigenvalue weighted by molar-refractivity contribution is 6.02. The van der Waals surface area contributed by atoms with Crippen molar-refractivity contribution < 1.29 is 9.59 Å². The predicted octanol–water partition coefficient (Wildman–Crippen LogP) is 1.14. The van der Waals surface area contributed by atoms with E-state index in [-0.39, 0.29) is 17.9 Å². The average Bonchev–Trinajstić information content (AvgIpc) is 3.52. The summed E-state index contributed by atoms with van der Waals surface area (Å²) >= 11 is 0. The summed E-state index contributed by atoms with van der Waals surface area (Å²) in [5.41, 5.74) is 1.89. The molecule has 27 heavy (non-hydrogen) atoms. The van der Waals surface area contributed by atoms with Crippen LogP contribution in [0.1, 0.15) is 29.0 Å². The van der Waals surface area contributed by atoms with Crippen LogP contribution in [0, 0.1) is 6.92 Å². The molecule has 1 unspecified atom stereocenters. The molecule has 2 fully saturated rings. The van der Waals surface area contributed by atoms with Crippen molar-refractivity contribution in [1.29, 1.82) is 0 Å². The number of carbonyl (C=O) groups is 2. The summed E-state index contributed by atoms with van der Waals surface area (Å²) in [5, 5.41) is 6.23. The molecule has 2 heterocycles. The van der Waals surface area contributed by atoms with Crippen molar-refractivity contribution in [3.05, 3.63) is 47.9 Å². The minimum Gasteiger partial charge on any atom is -0.352 e. The number of amides is 2. The Balaban J connectivity index is 1.65. The largest absolute Gasteiger partial charge is 0.352 e. The highest BCUT2D eigenvalue weighted by atomic mass is 16.2. The van der Waals surface area contributed by atoms with E-state index in [1.54, 1.807) is 18.0 Å². The zero-order valence-electron chi connectivity index (χ0n) is 15.3. The second kappa shape index (κ2) is 7.44. The number of piperazine rings is 1. The first kappa shape index (κ1) is 17.6. The lowest BCUT2D eigenvalue weighted by Gasteiger charge is -2.35. The van der Waals surface area contributed by atoms with Crippen molar-refractivity contribution >= 4 is 11.8 Å². The first-order chi connectivity index (χ1) is 13.1. The lowest BCUT2D eigenvalue weighted by atomic mass is 10.0. The van der Waals surface area contributed by atoms with E-state index in [1.165, 1.54) is 0 Å². The molecule has 1 aliphatic carbocycles. The van der Waals surface area contributed by atoms with Crippen molar-refractivity contribution in [2.75, 3.05) is 19.6 Å². The fraction of sp³-hybridized carbons (Fsp3) is 0.400. The summed E-state index contributed by atoms with van der Waals surface area (Å²) in [7, 11) is 0. The summed E-state index contributed by atoms with van der Waals surface area (Å²) < 4.78 is 0. The topological polar surface area (TPSA) is 87.2 Å². The minimum absolute atomic E-state index is 0.0904. The molecule has 0 bridgehead atoms. The van der Waals surface area contributed by atoms with Crippen molar-refractivity contribution in [2.24, 2.45) is 0 Å². The van der Waals surface area contributed by atoms with E-state index in [0.717, 1.165) is 18.4 Å². The van der Waals surface area contributed by atoms with Gasteiger partial charge in [0.25, 0.3) is 5.91 Å². The van der Waals surface area contributed by atoms with Gasteiger partial charge in [-0.15, -0.1) is 0 Å². The molecular formula is C20H23N5O2. The zero-order chi connectivity index (χ0) is 18.8. The SMILES string of the molecule is Cc1ncc(C(=O)N2CCNCC2C(=O)NC2CC2)c(-c2ccccc2)n1. The Kier molecular flexibility index (Phi) is 4.85. The van der Waals surface area contributed by atoms with Crippen LogP contribution < -0.4 is 10.6 Å². The van der Waals surface area contributed by atoms with Gasteiger partial charge in [0.2, 0.25) is 5.91 Å². The molecule has 140 valence electrons.